The highest BCUT2D eigenvalue weighted by atomic mass is 16.6. The molecule has 3 aromatic rings. The molecule has 10 heteroatoms. The SMILES string of the molecule is COc1cc(O)c(N=Nc2ccc([N+](=O)[O-])cc2[N+](=O)[O-])c2ccccc12. The molecule has 0 saturated heterocycles. The van der Waals surface area contributed by atoms with Crippen molar-refractivity contribution in [1.82, 2.24) is 0 Å². The average molecular weight is 368 g/mol. The van der Waals surface area contributed by atoms with E-state index in [4.69, 9.17) is 4.74 Å². The Balaban J connectivity index is 2.13. The number of hydrogen-bond acceptors (Lipinski definition) is 8. The molecule has 10 nitrogen and oxygen atoms in total. The average Bonchev–Trinajstić information content (AvgIpc) is 2.66. The van der Waals surface area contributed by atoms with Crippen LogP contribution in [0.15, 0.2) is 58.8 Å². The molecule has 136 valence electrons. The summed E-state index contributed by atoms with van der Waals surface area (Å²) in [5, 5.41) is 41.2. The number of non-ortho nitro benzene ring substituents is 1. The number of nitro benzene ring substituents is 2. The Hall–Kier alpha value is -4.08. The van der Waals surface area contributed by atoms with Crippen LogP contribution >= 0.6 is 0 Å². The van der Waals surface area contributed by atoms with Crippen LogP contribution in [0.25, 0.3) is 10.8 Å². The van der Waals surface area contributed by atoms with Gasteiger partial charge in [0.25, 0.3) is 5.69 Å². The molecule has 0 amide bonds. The molecule has 0 aliphatic rings. The fraction of sp³-hybridized carbons (Fsp3) is 0.0588. The predicted octanol–water partition coefficient (Wildman–Crippen LogP) is 4.79. The van der Waals surface area contributed by atoms with Crippen LogP contribution in [-0.2, 0) is 0 Å². The number of benzene rings is 3. The van der Waals surface area contributed by atoms with E-state index in [1.54, 1.807) is 24.3 Å². The van der Waals surface area contributed by atoms with Crippen LogP contribution in [0.4, 0.5) is 22.7 Å². The van der Waals surface area contributed by atoms with E-state index in [-0.39, 0.29) is 17.1 Å². The minimum Gasteiger partial charge on any atom is -0.505 e. The Bertz CT molecular complexity index is 1100. The molecular formula is C17H12N4O6. The summed E-state index contributed by atoms with van der Waals surface area (Å²) in [5.74, 6) is 0.210. The molecule has 0 radical (unpaired) electrons. The third-order valence-corrected chi connectivity index (χ3v) is 3.80. The highest BCUT2D eigenvalue weighted by Gasteiger charge is 2.20. The van der Waals surface area contributed by atoms with Gasteiger partial charge < -0.3 is 9.84 Å². The first-order chi connectivity index (χ1) is 12.9. The van der Waals surface area contributed by atoms with Crippen molar-refractivity contribution in [3.05, 3.63) is 68.8 Å². The van der Waals surface area contributed by atoms with E-state index >= 15 is 0 Å². The molecular weight excluding hydrogens is 356 g/mol. The number of azo groups is 1. The maximum Gasteiger partial charge on any atom is 0.303 e. The van der Waals surface area contributed by atoms with E-state index in [0.29, 0.717) is 16.5 Å². The van der Waals surface area contributed by atoms with Crippen LogP contribution < -0.4 is 4.74 Å². The molecule has 0 aliphatic carbocycles. The first kappa shape index (κ1) is 17.7. The van der Waals surface area contributed by atoms with Crippen molar-refractivity contribution >= 4 is 33.5 Å². The minimum atomic E-state index is -0.784. The third-order valence-electron chi connectivity index (χ3n) is 3.80. The number of phenols is 1. The summed E-state index contributed by atoms with van der Waals surface area (Å²) in [4.78, 5) is 20.5. The monoisotopic (exact) mass is 368 g/mol. The van der Waals surface area contributed by atoms with Gasteiger partial charge in [-0.3, -0.25) is 20.2 Å². The molecule has 0 bridgehead atoms. The van der Waals surface area contributed by atoms with Crippen LogP contribution in [-0.4, -0.2) is 22.1 Å². The van der Waals surface area contributed by atoms with Crippen molar-refractivity contribution in [1.29, 1.82) is 0 Å². The number of nitro groups is 2. The van der Waals surface area contributed by atoms with Gasteiger partial charge in [-0.1, -0.05) is 24.3 Å². The fourth-order valence-electron chi connectivity index (χ4n) is 2.55. The van der Waals surface area contributed by atoms with Crippen LogP contribution in [0.2, 0.25) is 0 Å². The Morgan fingerprint density at radius 2 is 1.67 bits per heavy atom. The Morgan fingerprint density at radius 3 is 2.30 bits per heavy atom. The lowest BCUT2D eigenvalue weighted by atomic mass is 10.1. The molecule has 0 heterocycles. The summed E-state index contributed by atoms with van der Waals surface area (Å²) < 4.78 is 5.23. The molecule has 3 aromatic carbocycles. The number of fused-ring (bicyclic) bond motifs is 1. The second-order valence-corrected chi connectivity index (χ2v) is 5.38. The first-order valence-electron chi connectivity index (χ1n) is 7.55. The summed E-state index contributed by atoms with van der Waals surface area (Å²) >= 11 is 0. The number of ether oxygens (including phenoxy) is 1. The zero-order valence-corrected chi connectivity index (χ0v) is 13.9. The molecule has 0 fully saturated rings. The summed E-state index contributed by atoms with van der Waals surface area (Å²) in [5.41, 5.74) is -1.08. The standard InChI is InChI=1S/C17H12N4O6/c1-27-16-9-15(22)17(12-5-3-2-4-11(12)16)19-18-13-7-6-10(20(23)24)8-14(13)21(25)26/h2-9,22H,1H3. The number of phenolic OH excluding ortho intramolecular Hbond substituents is 1. The highest BCUT2D eigenvalue weighted by Crippen LogP contribution is 2.42. The van der Waals surface area contributed by atoms with Gasteiger partial charge in [0.15, 0.2) is 5.69 Å². The lowest BCUT2D eigenvalue weighted by molar-refractivity contribution is -0.393. The van der Waals surface area contributed by atoms with Crippen molar-refractivity contribution in [2.75, 3.05) is 7.11 Å². The molecule has 0 saturated carbocycles. The largest absolute Gasteiger partial charge is 0.505 e. The van der Waals surface area contributed by atoms with E-state index in [2.05, 4.69) is 10.2 Å². The molecule has 27 heavy (non-hydrogen) atoms. The van der Waals surface area contributed by atoms with Gasteiger partial charge in [-0.05, 0) is 6.07 Å². The molecule has 0 unspecified atom stereocenters. The van der Waals surface area contributed by atoms with Gasteiger partial charge in [-0.15, -0.1) is 10.2 Å². The predicted molar refractivity (Wildman–Crippen MR) is 96.1 cm³/mol. The second kappa shape index (κ2) is 7.04. The Morgan fingerprint density at radius 1 is 0.963 bits per heavy atom. The van der Waals surface area contributed by atoms with Gasteiger partial charge in [0, 0.05) is 22.9 Å². The van der Waals surface area contributed by atoms with Gasteiger partial charge >= 0.3 is 5.69 Å². The zero-order chi connectivity index (χ0) is 19.6. The first-order valence-corrected chi connectivity index (χ1v) is 7.55. The zero-order valence-electron chi connectivity index (χ0n) is 13.9. The number of nitrogens with zero attached hydrogens (tertiary/aromatic N) is 4. The lowest BCUT2D eigenvalue weighted by Crippen LogP contribution is -1.92. The summed E-state index contributed by atoms with van der Waals surface area (Å²) in [7, 11) is 1.46. The van der Waals surface area contributed by atoms with Gasteiger partial charge in [0.05, 0.1) is 23.0 Å². The van der Waals surface area contributed by atoms with Gasteiger partial charge in [-0.25, -0.2) is 0 Å². The Labute approximate surface area is 151 Å². The molecule has 1 N–H and O–H groups in total. The van der Waals surface area contributed by atoms with Crippen LogP contribution in [0.3, 0.4) is 0 Å². The maximum absolute atomic E-state index is 11.2. The third kappa shape index (κ3) is 3.35. The topological polar surface area (TPSA) is 140 Å². The van der Waals surface area contributed by atoms with Crippen molar-refractivity contribution in [3.63, 3.8) is 0 Å². The van der Waals surface area contributed by atoms with Crippen LogP contribution in [0, 0.1) is 20.2 Å². The fourth-order valence-corrected chi connectivity index (χ4v) is 2.55. The van der Waals surface area contributed by atoms with Crippen molar-refractivity contribution in [3.8, 4) is 11.5 Å². The normalized spacial score (nSPS) is 11.0. The van der Waals surface area contributed by atoms with Crippen molar-refractivity contribution in [2.24, 2.45) is 10.2 Å². The quantitative estimate of drug-likeness (QED) is 0.390. The minimum absolute atomic E-state index is 0.0963. The number of methoxy groups -OCH3 is 1. The van der Waals surface area contributed by atoms with E-state index in [1.165, 1.54) is 13.2 Å². The molecule has 0 aliphatic heterocycles. The number of aromatic hydroxyl groups is 1. The van der Waals surface area contributed by atoms with Gasteiger partial charge in [-0.2, -0.15) is 0 Å². The lowest BCUT2D eigenvalue weighted by Gasteiger charge is -2.09. The number of rotatable bonds is 5. The molecule has 3 rings (SSSR count). The van der Waals surface area contributed by atoms with Gasteiger partial charge in [0.1, 0.15) is 17.2 Å². The smallest absolute Gasteiger partial charge is 0.303 e. The van der Waals surface area contributed by atoms with Crippen molar-refractivity contribution < 1.29 is 19.7 Å². The highest BCUT2D eigenvalue weighted by molar-refractivity contribution is 5.99. The summed E-state index contributed by atoms with van der Waals surface area (Å²) in [6, 6.07) is 11.4. The maximum atomic E-state index is 11.2. The van der Waals surface area contributed by atoms with Crippen molar-refractivity contribution in [2.45, 2.75) is 0 Å². The van der Waals surface area contributed by atoms with E-state index in [1.807, 2.05) is 0 Å². The van der Waals surface area contributed by atoms with E-state index < -0.39 is 21.2 Å². The summed E-state index contributed by atoms with van der Waals surface area (Å²) in [6.07, 6.45) is 0. The Kier molecular flexibility index (Phi) is 4.62. The van der Waals surface area contributed by atoms with Crippen LogP contribution in [0.1, 0.15) is 0 Å². The molecule has 0 spiro atoms. The van der Waals surface area contributed by atoms with Gasteiger partial charge in [0.2, 0.25) is 0 Å². The van der Waals surface area contributed by atoms with Crippen LogP contribution in [0.5, 0.6) is 11.5 Å². The second-order valence-electron chi connectivity index (χ2n) is 5.38. The number of hydrogen-bond donors (Lipinski definition) is 1. The molecule has 0 aromatic heterocycles. The van der Waals surface area contributed by atoms with E-state index in [0.717, 1.165) is 18.2 Å². The molecule has 0 atom stereocenters. The van der Waals surface area contributed by atoms with E-state index in [9.17, 15) is 25.3 Å². The summed E-state index contributed by atoms with van der Waals surface area (Å²) in [6.45, 7) is 0.